The van der Waals surface area contributed by atoms with Crippen LogP contribution < -0.4 is 9.47 Å². The van der Waals surface area contributed by atoms with E-state index in [9.17, 15) is 9.59 Å². The SMILES string of the molecule is C=C(C)C(=O)Oc1ccc(-c2ccc(OC(=O)C=Cc3ccccc3)cc2)cc1. The maximum atomic E-state index is 12.0. The zero-order valence-electron chi connectivity index (χ0n) is 16.0. The highest BCUT2D eigenvalue weighted by Gasteiger charge is 2.06. The molecule has 0 saturated carbocycles. The van der Waals surface area contributed by atoms with Gasteiger partial charge in [0.05, 0.1) is 0 Å². The van der Waals surface area contributed by atoms with Gasteiger partial charge in [-0.1, -0.05) is 61.2 Å². The van der Waals surface area contributed by atoms with Crippen molar-refractivity contribution in [3.05, 3.63) is 103 Å². The number of benzene rings is 3. The fraction of sp³-hybridized carbons (Fsp3) is 0.0400. The lowest BCUT2D eigenvalue weighted by atomic mass is 10.1. The molecule has 3 rings (SSSR count). The molecule has 0 aliphatic rings. The third-order valence-electron chi connectivity index (χ3n) is 4.03. The number of carbonyl (C=O) groups is 2. The molecule has 0 spiro atoms. The molecule has 0 heterocycles. The largest absolute Gasteiger partial charge is 0.423 e. The van der Waals surface area contributed by atoms with Crippen LogP contribution in [0.15, 0.2) is 97.1 Å². The lowest BCUT2D eigenvalue weighted by Crippen LogP contribution is -2.07. The van der Waals surface area contributed by atoms with Crippen molar-refractivity contribution < 1.29 is 19.1 Å². The zero-order valence-corrected chi connectivity index (χ0v) is 16.0. The highest BCUT2D eigenvalue weighted by atomic mass is 16.5. The first kappa shape index (κ1) is 19.8. The second-order valence-electron chi connectivity index (χ2n) is 6.38. The van der Waals surface area contributed by atoms with Gasteiger partial charge in [-0.15, -0.1) is 0 Å². The summed E-state index contributed by atoms with van der Waals surface area (Å²) in [6, 6.07) is 23.9. The molecule has 0 unspecified atom stereocenters. The Bertz CT molecular complexity index is 1030. The molecule has 0 amide bonds. The van der Waals surface area contributed by atoms with Crippen molar-refractivity contribution in [2.24, 2.45) is 0 Å². The summed E-state index contributed by atoms with van der Waals surface area (Å²) in [5.74, 6) is 0.0245. The van der Waals surface area contributed by atoms with E-state index in [0.29, 0.717) is 17.1 Å². The van der Waals surface area contributed by atoms with Gasteiger partial charge in [0.15, 0.2) is 0 Å². The molecular weight excluding hydrogens is 364 g/mol. The summed E-state index contributed by atoms with van der Waals surface area (Å²) in [5.41, 5.74) is 3.17. The maximum absolute atomic E-state index is 12.0. The Hall–Kier alpha value is -3.92. The van der Waals surface area contributed by atoms with Crippen LogP contribution in [0.5, 0.6) is 11.5 Å². The summed E-state index contributed by atoms with van der Waals surface area (Å²) in [5, 5.41) is 0. The highest BCUT2D eigenvalue weighted by molar-refractivity contribution is 5.89. The molecule has 0 radical (unpaired) electrons. The monoisotopic (exact) mass is 384 g/mol. The zero-order chi connectivity index (χ0) is 20.6. The highest BCUT2D eigenvalue weighted by Crippen LogP contribution is 2.25. The lowest BCUT2D eigenvalue weighted by Gasteiger charge is -2.07. The van der Waals surface area contributed by atoms with E-state index in [-0.39, 0.29) is 0 Å². The minimum atomic E-state index is -0.453. The number of hydrogen-bond acceptors (Lipinski definition) is 4. The molecular formula is C25H20O4. The Balaban J connectivity index is 1.61. The molecule has 0 aromatic heterocycles. The summed E-state index contributed by atoms with van der Waals surface area (Å²) < 4.78 is 10.5. The number of hydrogen-bond donors (Lipinski definition) is 0. The van der Waals surface area contributed by atoms with Crippen LogP contribution in [0.1, 0.15) is 12.5 Å². The summed E-state index contributed by atoms with van der Waals surface area (Å²) >= 11 is 0. The predicted octanol–water partition coefficient (Wildman–Crippen LogP) is 5.45. The lowest BCUT2D eigenvalue weighted by molar-refractivity contribution is -0.130. The van der Waals surface area contributed by atoms with Crippen LogP contribution in [0.25, 0.3) is 17.2 Å². The molecule has 0 saturated heterocycles. The molecule has 3 aromatic carbocycles. The molecule has 0 atom stereocenters. The van der Waals surface area contributed by atoms with Gasteiger partial charge in [0.1, 0.15) is 11.5 Å². The molecule has 29 heavy (non-hydrogen) atoms. The Morgan fingerprint density at radius 3 is 1.79 bits per heavy atom. The third kappa shape index (κ3) is 5.78. The second-order valence-corrected chi connectivity index (χ2v) is 6.38. The van der Waals surface area contributed by atoms with E-state index in [2.05, 4.69) is 6.58 Å². The van der Waals surface area contributed by atoms with Crippen molar-refractivity contribution in [3.63, 3.8) is 0 Å². The van der Waals surface area contributed by atoms with Gasteiger partial charge < -0.3 is 9.47 Å². The van der Waals surface area contributed by atoms with Crippen LogP contribution in [0.4, 0.5) is 0 Å². The van der Waals surface area contributed by atoms with Crippen LogP contribution in [-0.4, -0.2) is 11.9 Å². The minimum absolute atomic E-state index is 0.345. The number of ether oxygens (including phenoxy) is 2. The molecule has 144 valence electrons. The van der Waals surface area contributed by atoms with Crippen molar-refractivity contribution in [2.45, 2.75) is 6.92 Å². The summed E-state index contributed by atoms with van der Waals surface area (Å²) in [4.78, 5) is 23.5. The van der Waals surface area contributed by atoms with E-state index in [1.165, 1.54) is 6.08 Å². The van der Waals surface area contributed by atoms with Gasteiger partial charge in [0, 0.05) is 11.6 Å². The van der Waals surface area contributed by atoms with E-state index >= 15 is 0 Å². The van der Waals surface area contributed by atoms with Crippen LogP contribution in [0.3, 0.4) is 0 Å². The van der Waals surface area contributed by atoms with Crippen LogP contribution >= 0.6 is 0 Å². The molecule has 0 N–H and O–H groups in total. The molecule has 0 aliphatic carbocycles. The van der Waals surface area contributed by atoms with Crippen molar-refractivity contribution in [1.29, 1.82) is 0 Å². The standard InChI is InChI=1S/C25H20O4/c1-18(2)25(27)29-23-15-11-21(12-16-23)20-9-13-22(14-10-20)28-24(26)17-8-19-6-4-3-5-7-19/h3-17H,1H2,2H3. The van der Waals surface area contributed by atoms with Gasteiger partial charge >= 0.3 is 11.9 Å². The van der Waals surface area contributed by atoms with Crippen molar-refractivity contribution in [1.82, 2.24) is 0 Å². The smallest absolute Gasteiger partial charge is 0.338 e. The van der Waals surface area contributed by atoms with Crippen LogP contribution in [0.2, 0.25) is 0 Å². The van der Waals surface area contributed by atoms with Gasteiger partial charge in [-0.05, 0) is 54.0 Å². The number of carbonyl (C=O) groups excluding carboxylic acids is 2. The molecule has 4 heteroatoms. The normalized spacial score (nSPS) is 10.5. The van der Waals surface area contributed by atoms with E-state index in [1.807, 2.05) is 54.6 Å². The fourth-order valence-corrected chi connectivity index (χ4v) is 2.50. The predicted molar refractivity (Wildman–Crippen MR) is 113 cm³/mol. The quantitative estimate of drug-likeness (QED) is 0.322. The van der Waals surface area contributed by atoms with Gasteiger partial charge in [-0.3, -0.25) is 0 Å². The Morgan fingerprint density at radius 2 is 1.28 bits per heavy atom. The summed E-state index contributed by atoms with van der Waals surface area (Å²) in [6.07, 6.45) is 3.10. The maximum Gasteiger partial charge on any atom is 0.338 e. The molecule has 0 fully saturated rings. The van der Waals surface area contributed by atoms with Crippen LogP contribution in [0, 0.1) is 0 Å². The second kappa shape index (κ2) is 9.33. The third-order valence-corrected chi connectivity index (χ3v) is 4.03. The average Bonchev–Trinajstić information content (AvgIpc) is 2.74. The van der Waals surface area contributed by atoms with Gasteiger partial charge in [-0.25, -0.2) is 9.59 Å². The van der Waals surface area contributed by atoms with Crippen molar-refractivity contribution >= 4 is 18.0 Å². The Labute approximate surface area is 169 Å². The number of esters is 2. The van der Waals surface area contributed by atoms with E-state index < -0.39 is 11.9 Å². The first-order valence-electron chi connectivity index (χ1n) is 9.04. The average molecular weight is 384 g/mol. The fourth-order valence-electron chi connectivity index (χ4n) is 2.50. The molecule has 4 nitrogen and oxygen atoms in total. The van der Waals surface area contributed by atoms with Crippen molar-refractivity contribution in [2.75, 3.05) is 0 Å². The van der Waals surface area contributed by atoms with E-state index in [1.54, 1.807) is 37.3 Å². The van der Waals surface area contributed by atoms with Gasteiger partial charge in [0.25, 0.3) is 0 Å². The molecule has 3 aromatic rings. The Morgan fingerprint density at radius 1 is 0.759 bits per heavy atom. The van der Waals surface area contributed by atoms with Crippen LogP contribution in [-0.2, 0) is 9.59 Å². The first-order chi connectivity index (χ1) is 14.0. The Kier molecular flexibility index (Phi) is 6.38. The number of rotatable bonds is 6. The van der Waals surface area contributed by atoms with Crippen molar-refractivity contribution in [3.8, 4) is 22.6 Å². The summed E-state index contributed by atoms with van der Waals surface area (Å²) in [6.45, 7) is 5.16. The van der Waals surface area contributed by atoms with Gasteiger partial charge in [0.2, 0.25) is 0 Å². The molecule has 0 bridgehead atoms. The van der Waals surface area contributed by atoms with E-state index in [0.717, 1.165) is 16.7 Å². The first-order valence-corrected chi connectivity index (χ1v) is 9.04. The topological polar surface area (TPSA) is 52.6 Å². The van der Waals surface area contributed by atoms with E-state index in [4.69, 9.17) is 9.47 Å². The minimum Gasteiger partial charge on any atom is -0.423 e. The molecule has 0 aliphatic heterocycles. The van der Waals surface area contributed by atoms with Gasteiger partial charge in [-0.2, -0.15) is 0 Å². The summed E-state index contributed by atoms with van der Waals surface area (Å²) in [7, 11) is 0.